The lowest BCUT2D eigenvalue weighted by Gasteiger charge is -2.20. The average Bonchev–Trinajstić information content (AvgIpc) is 3.14. The first-order valence-corrected chi connectivity index (χ1v) is 11.2. The number of nitrogens with one attached hydrogen (secondary N) is 1. The van der Waals surface area contributed by atoms with Crippen molar-refractivity contribution in [1.82, 2.24) is 9.97 Å². The van der Waals surface area contributed by atoms with Crippen LogP contribution < -0.4 is 5.32 Å². The van der Waals surface area contributed by atoms with Gasteiger partial charge < -0.3 is 10.1 Å². The fourth-order valence-corrected chi connectivity index (χ4v) is 5.04. The second-order valence-electron chi connectivity index (χ2n) is 7.97. The first-order chi connectivity index (χ1) is 15.9. The lowest BCUT2D eigenvalue weighted by molar-refractivity contribution is 0.0383. The number of thiophene rings is 1. The van der Waals surface area contributed by atoms with Crippen molar-refractivity contribution in [2.24, 2.45) is 0 Å². The Morgan fingerprint density at radius 1 is 0.970 bits per heavy atom. The molecule has 2 aromatic carbocycles. The highest BCUT2D eigenvalue weighted by atomic mass is 32.1. The van der Waals surface area contributed by atoms with E-state index >= 15 is 0 Å². The molecule has 0 spiro atoms. The topological polar surface area (TPSA) is 98.2 Å². The van der Waals surface area contributed by atoms with Crippen molar-refractivity contribution < 1.29 is 19.1 Å². The maximum atomic E-state index is 13.3. The number of aromatic nitrogens is 2. The van der Waals surface area contributed by atoms with Gasteiger partial charge in [-0.3, -0.25) is 9.59 Å². The summed E-state index contributed by atoms with van der Waals surface area (Å²) in [5.41, 5.74) is 2.59. The number of nitrogens with zero attached hydrogens (tertiary/aromatic N) is 2. The van der Waals surface area contributed by atoms with Crippen molar-refractivity contribution in [3.63, 3.8) is 0 Å². The van der Waals surface area contributed by atoms with Crippen molar-refractivity contribution in [2.45, 2.75) is 26.9 Å². The smallest absolute Gasteiger partial charge is 0.348 e. The molecule has 0 atom stereocenters. The van der Waals surface area contributed by atoms with E-state index in [9.17, 15) is 14.4 Å². The zero-order valence-electron chi connectivity index (χ0n) is 18.1. The van der Waals surface area contributed by atoms with Crippen molar-refractivity contribution in [3.8, 4) is 0 Å². The van der Waals surface area contributed by atoms with Crippen LogP contribution in [0.3, 0.4) is 0 Å². The number of anilines is 2. The largest absolute Gasteiger partial charge is 0.459 e. The van der Waals surface area contributed by atoms with Crippen molar-refractivity contribution in [3.05, 3.63) is 81.5 Å². The molecule has 0 fully saturated rings. The minimum absolute atomic E-state index is 0.192. The Balaban J connectivity index is 1.61. The molecule has 8 heteroatoms. The number of ether oxygens (including phenoxy) is 1. The monoisotopic (exact) mass is 457 g/mol. The summed E-state index contributed by atoms with van der Waals surface area (Å²) in [5.74, 6) is -0.380. The summed E-state index contributed by atoms with van der Waals surface area (Å²) in [4.78, 5) is 48.6. The maximum Gasteiger partial charge on any atom is 0.348 e. The molecule has 7 nitrogen and oxygen atoms in total. The number of hydrogen-bond acceptors (Lipinski definition) is 8. The van der Waals surface area contributed by atoms with E-state index in [1.807, 2.05) is 6.92 Å². The fraction of sp³-hybridized carbons (Fsp3) is 0.160. The van der Waals surface area contributed by atoms with Crippen LogP contribution in [-0.2, 0) is 4.74 Å². The van der Waals surface area contributed by atoms with Gasteiger partial charge in [0.2, 0.25) is 0 Å². The number of carbonyl (C=O) groups excluding carboxylic acids is 3. The van der Waals surface area contributed by atoms with Crippen LogP contribution in [0.1, 0.15) is 60.9 Å². The van der Waals surface area contributed by atoms with Gasteiger partial charge in [-0.2, -0.15) is 0 Å². The minimum Gasteiger partial charge on any atom is -0.459 e. The molecule has 164 valence electrons. The van der Waals surface area contributed by atoms with Crippen LogP contribution in [-0.4, -0.2) is 33.6 Å². The van der Waals surface area contributed by atoms with E-state index in [0.29, 0.717) is 54.4 Å². The van der Waals surface area contributed by atoms with E-state index in [0.717, 1.165) is 0 Å². The number of carbonyl (C=O) groups is 3. The van der Waals surface area contributed by atoms with E-state index in [1.54, 1.807) is 56.3 Å². The number of benzene rings is 2. The van der Waals surface area contributed by atoms with Crippen LogP contribution in [0.5, 0.6) is 0 Å². The summed E-state index contributed by atoms with van der Waals surface area (Å²) in [6.07, 6.45) is 1.16. The van der Waals surface area contributed by atoms with Gasteiger partial charge in [0.05, 0.1) is 22.7 Å². The van der Waals surface area contributed by atoms with Gasteiger partial charge >= 0.3 is 5.97 Å². The zero-order chi connectivity index (χ0) is 23.3. The van der Waals surface area contributed by atoms with Gasteiger partial charge in [-0.1, -0.05) is 36.4 Å². The Morgan fingerprint density at radius 3 is 2.39 bits per heavy atom. The van der Waals surface area contributed by atoms with E-state index in [-0.39, 0.29) is 17.7 Å². The quantitative estimate of drug-likeness (QED) is 0.376. The third-order valence-corrected chi connectivity index (χ3v) is 6.64. The summed E-state index contributed by atoms with van der Waals surface area (Å²) in [7, 11) is 0. The summed E-state index contributed by atoms with van der Waals surface area (Å²) in [6, 6.07) is 11.9. The number of fused-ring (bicyclic) bond motifs is 3. The number of rotatable bonds is 4. The summed E-state index contributed by atoms with van der Waals surface area (Å²) in [6.45, 7) is 5.40. The standard InChI is InChI=1S/C25H19N3O4S/c1-12(2)32-25(31)22-13(3)18-23(26-11-27-24(18)33-22)28-17-10-6-9-16-19(17)21(30)15-8-5-4-7-14(15)20(16)29/h4-12H,1-3H3,(H,26,27,28). The molecule has 0 aliphatic heterocycles. The first kappa shape index (κ1) is 21.0. The maximum absolute atomic E-state index is 13.3. The molecular weight excluding hydrogens is 438 g/mol. The van der Waals surface area contributed by atoms with Gasteiger partial charge in [-0.05, 0) is 32.4 Å². The molecule has 0 unspecified atom stereocenters. The van der Waals surface area contributed by atoms with E-state index in [2.05, 4.69) is 15.3 Å². The minimum atomic E-state index is -0.411. The number of ketones is 2. The highest BCUT2D eigenvalue weighted by Gasteiger charge is 2.31. The summed E-state index contributed by atoms with van der Waals surface area (Å²) >= 11 is 1.23. The van der Waals surface area contributed by atoms with Crippen LogP contribution >= 0.6 is 11.3 Å². The SMILES string of the molecule is Cc1c(C(=O)OC(C)C)sc2ncnc(Nc3cccc4c3C(=O)c3ccccc3C4=O)c12. The molecular formula is C25H19N3O4S. The van der Waals surface area contributed by atoms with Crippen LogP contribution in [0.2, 0.25) is 0 Å². The molecule has 1 N–H and O–H groups in total. The van der Waals surface area contributed by atoms with Gasteiger partial charge in [0.15, 0.2) is 11.6 Å². The van der Waals surface area contributed by atoms with E-state index in [1.165, 1.54) is 17.7 Å². The Bertz CT molecular complexity index is 1470. The lowest BCUT2D eigenvalue weighted by Crippen LogP contribution is -2.22. The Labute approximate surface area is 193 Å². The van der Waals surface area contributed by atoms with E-state index in [4.69, 9.17) is 4.74 Å². The molecule has 0 saturated heterocycles. The molecule has 1 aliphatic carbocycles. The van der Waals surface area contributed by atoms with Crippen LogP contribution in [0.4, 0.5) is 11.5 Å². The fourth-order valence-electron chi connectivity index (χ4n) is 4.01. The van der Waals surface area contributed by atoms with Crippen molar-refractivity contribution in [2.75, 3.05) is 5.32 Å². The average molecular weight is 458 g/mol. The molecule has 0 radical (unpaired) electrons. The van der Waals surface area contributed by atoms with Crippen LogP contribution in [0.25, 0.3) is 10.2 Å². The third-order valence-electron chi connectivity index (χ3n) is 5.46. The molecule has 0 bridgehead atoms. The molecule has 2 aromatic heterocycles. The Hall–Kier alpha value is -3.91. The summed E-state index contributed by atoms with van der Waals surface area (Å²) in [5, 5.41) is 3.89. The van der Waals surface area contributed by atoms with Crippen molar-refractivity contribution >= 4 is 50.6 Å². The predicted molar refractivity (Wildman–Crippen MR) is 126 cm³/mol. The van der Waals surface area contributed by atoms with Crippen LogP contribution in [0.15, 0.2) is 48.8 Å². The van der Waals surface area contributed by atoms with Gasteiger partial charge in [0.1, 0.15) is 21.9 Å². The van der Waals surface area contributed by atoms with Gasteiger partial charge in [-0.25, -0.2) is 14.8 Å². The number of hydrogen-bond donors (Lipinski definition) is 1. The normalized spacial score (nSPS) is 12.6. The highest BCUT2D eigenvalue weighted by Crippen LogP contribution is 2.37. The van der Waals surface area contributed by atoms with Crippen LogP contribution in [0, 0.1) is 6.92 Å². The van der Waals surface area contributed by atoms with Crippen molar-refractivity contribution in [1.29, 1.82) is 0 Å². The van der Waals surface area contributed by atoms with Gasteiger partial charge in [-0.15, -0.1) is 11.3 Å². The molecule has 1 aliphatic rings. The summed E-state index contributed by atoms with van der Waals surface area (Å²) < 4.78 is 5.36. The second kappa shape index (κ2) is 7.90. The highest BCUT2D eigenvalue weighted by molar-refractivity contribution is 7.20. The van der Waals surface area contributed by atoms with Gasteiger partial charge in [0, 0.05) is 16.7 Å². The Kier molecular flexibility index (Phi) is 5.02. The number of aryl methyl sites for hydroxylation is 1. The molecule has 0 amide bonds. The molecule has 33 heavy (non-hydrogen) atoms. The molecule has 2 heterocycles. The predicted octanol–water partition coefficient (Wildman–Crippen LogP) is 5.08. The molecule has 0 saturated carbocycles. The molecule has 4 aromatic rings. The third kappa shape index (κ3) is 3.39. The second-order valence-corrected chi connectivity index (χ2v) is 8.97. The lowest BCUT2D eigenvalue weighted by atomic mass is 9.83. The van der Waals surface area contributed by atoms with E-state index < -0.39 is 5.97 Å². The molecule has 5 rings (SSSR count). The zero-order valence-corrected chi connectivity index (χ0v) is 18.9. The van der Waals surface area contributed by atoms with Gasteiger partial charge in [0.25, 0.3) is 0 Å². The number of esters is 1. The first-order valence-electron chi connectivity index (χ1n) is 10.4. The Morgan fingerprint density at radius 2 is 1.67 bits per heavy atom.